The van der Waals surface area contributed by atoms with Crippen LogP contribution in [-0.2, 0) is 19.1 Å². The third kappa shape index (κ3) is 2.99. The molecule has 1 aromatic rings. The highest BCUT2D eigenvalue weighted by atomic mass is 16.5. The van der Waals surface area contributed by atoms with E-state index in [0.29, 0.717) is 17.4 Å². The van der Waals surface area contributed by atoms with Crippen LogP contribution in [-0.4, -0.2) is 40.6 Å². The molecule has 8 atom stereocenters. The summed E-state index contributed by atoms with van der Waals surface area (Å²) in [4.78, 5) is 53.7. The lowest BCUT2D eigenvalue weighted by molar-refractivity contribution is -0.162. The highest BCUT2D eigenvalue weighted by molar-refractivity contribution is 6.09. The predicted molar refractivity (Wildman–Crippen MR) is 112 cm³/mol. The Morgan fingerprint density at radius 1 is 0.935 bits per heavy atom. The first-order valence-corrected chi connectivity index (χ1v) is 11.2. The Hall–Kier alpha value is -2.76. The van der Waals surface area contributed by atoms with Crippen LogP contribution >= 0.6 is 0 Å². The summed E-state index contributed by atoms with van der Waals surface area (Å²) in [6.45, 7) is 5.11. The van der Waals surface area contributed by atoms with Crippen molar-refractivity contribution in [3.63, 3.8) is 0 Å². The van der Waals surface area contributed by atoms with E-state index in [2.05, 4.69) is 12.2 Å². The number of ether oxygens (including phenoxy) is 1. The fraction of sp³-hybridized carbons (Fsp3) is 0.520. The molecule has 6 nitrogen and oxygen atoms in total. The van der Waals surface area contributed by atoms with Crippen molar-refractivity contribution in [3.8, 4) is 0 Å². The number of esters is 1. The number of Topliss-reactive ketones (excluding diaryl/α,β-unsaturated/α-hetero) is 1. The number of nitrogens with zero attached hydrogens (tertiary/aromatic N) is 1. The summed E-state index contributed by atoms with van der Waals surface area (Å²) in [5.41, 5.74) is 0.449. The van der Waals surface area contributed by atoms with Crippen LogP contribution in [0, 0.1) is 41.4 Å². The van der Waals surface area contributed by atoms with Crippen LogP contribution in [0.5, 0.6) is 0 Å². The van der Waals surface area contributed by atoms with Gasteiger partial charge in [-0.25, -0.2) is 4.79 Å². The van der Waals surface area contributed by atoms with E-state index >= 15 is 0 Å². The van der Waals surface area contributed by atoms with Gasteiger partial charge in [0.05, 0.1) is 11.8 Å². The summed E-state index contributed by atoms with van der Waals surface area (Å²) in [5.74, 6) is -1.35. The minimum atomic E-state index is -1.02. The van der Waals surface area contributed by atoms with Crippen LogP contribution in [0.15, 0.2) is 42.5 Å². The zero-order valence-corrected chi connectivity index (χ0v) is 17.9. The molecule has 0 spiro atoms. The summed E-state index contributed by atoms with van der Waals surface area (Å²) >= 11 is 0. The van der Waals surface area contributed by atoms with Gasteiger partial charge >= 0.3 is 5.97 Å². The molecular weight excluding hydrogens is 394 g/mol. The van der Waals surface area contributed by atoms with E-state index < -0.39 is 18.1 Å². The van der Waals surface area contributed by atoms with Crippen LogP contribution < -0.4 is 0 Å². The van der Waals surface area contributed by atoms with Crippen molar-refractivity contribution in [1.29, 1.82) is 0 Å². The summed E-state index contributed by atoms with van der Waals surface area (Å²) in [6.07, 6.45) is 4.30. The van der Waals surface area contributed by atoms with Crippen molar-refractivity contribution in [2.24, 2.45) is 41.4 Å². The van der Waals surface area contributed by atoms with Crippen molar-refractivity contribution in [2.45, 2.75) is 39.3 Å². The van der Waals surface area contributed by atoms with Crippen LogP contribution in [0.4, 0.5) is 0 Å². The molecule has 5 aliphatic rings. The Balaban J connectivity index is 1.36. The molecule has 0 radical (unpaired) electrons. The van der Waals surface area contributed by atoms with Crippen LogP contribution in [0.1, 0.15) is 37.6 Å². The minimum Gasteiger partial charge on any atom is -0.453 e. The number of allylic oxidation sites excluding steroid dienone is 2. The number of hydrogen-bond donors (Lipinski definition) is 0. The van der Waals surface area contributed by atoms with Crippen molar-refractivity contribution in [3.05, 3.63) is 48.0 Å². The van der Waals surface area contributed by atoms with Gasteiger partial charge in [0.1, 0.15) is 6.04 Å². The quantitative estimate of drug-likeness (QED) is 0.305. The molecule has 162 valence electrons. The van der Waals surface area contributed by atoms with E-state index in [1.165, 1.54) is 11.8 Å². The number of benzene rings is 1. The molecule has 1 aliphatic heterocycles. The fourth-order valence-electron chi connectivity index (χ4n) is 6.06. The Labute approximate surface area is 181 Å². The molecule has 8 unspecified atom stereocenters. The van der Waals surface area contributed by atoms with E-state index in [1.807, 2.05) is 0 Å². The van der Waals surface area contributed by atoms with Crippen LogP contribution in [0.25, 0.3) is 0 Å². The van der Waals surface area contributed by atoms with Gasteiger partial charge in [0, 0.05) is 5.56 Å². The van der Waals surface area contributed by atoms with Gasteiger partial charge in [-0.2, -0.15) is 0 Å². The minimum absolute atomic E-state index is 0.101. The molecule has 1 heterocycles. The topological polar surface area (TPSA) is 80.8 Å². The molecule has 1 aromatic carbocycles. The molecule has 6 rings (SSSR count). The van der Waals surface area contributed by atoms with Gasteiger partial charge in [-0.15, -0.1) is 0 Å². The Morgan fingerprint density at radius 2 is 1.48 bits per heavy atom. The van der Waals surface area contributed by atoms with Crippen LogP contribution in [0.2, 0.25) is 0 Å². The van der Waals surface area contributed by atoms with Crippen molar-refractivity contribution in [1.82, 2.24) is 4.90 Å². The highest BCUT2D eigenvalue weighted by Gasteiger charge is 2.68. The van der Waals surface area contributed by atoms with E-state index in [1.54, 1.807) is 44.2 Å². The number of carbonyl (C=O) groups excluding carboxylic acids is 4. The number of ketones is 1. The van der Waals surface area contributed by atoms with Gasteiger partial charge in [0.2, 0.25) is 17.6 Å². The Kier molecular flexibility index (Phi) is 4.65. The standard InChI is InChI=1S/C25H27NO5/c1-12(2)21(25(30)31-13(3)22(27)14-7-5-4-6-8-14)26-23(28)19-15-9-10-16(18-11-17(15)18)20(19)24(26)29/h4-10,12-13,15-21H,11H2,1-3H3. The predicted octanol–water partition coefficient (Wildman–Crippen LogP) is 2.88. The summed E-state index contributed by atoms with van der Waals surface area (Å²) in [7, 11) is 0. The Morgan fingerprint density at radius 3 is 2.00 bits per heavy atom. The lowest BCUT2D eigenvalue weighted by Gasteiger charge is -2.37. The van der Waals surface area contributed by atoms with E-state index in [0.717, 1.165) is 6.42 Å². The normalized spacial score (nSPS) is 34.4. The maximum atomic E-state index is 13.4. The zero-order valence-electron chi connectivity index (χ0n) is 17.9. The molecule has 0 N–H and O–H groups in total. The molecule has 3 fully saturated rings. The smallest absolute Gasteiger partial charge is 0.330 e. The average Bonchev–Trinajstić information content (AvgIpc) is 3.54. The summed E-state index contributed by atoms with van der Waals surface area (Å²) in [6, 6.07) is 7.60. The van der Waals surface area contributed by atoms with E-state index in [-0.39, 0.29) is 47.2 Å². The van der Waals surface area contributed by atoms with Crippen molar-refractivity contribution < 1.29 is 23.9 Å². The monoisotopic (exact) mass is 421 g/mol. The first-order valence-electron chi connectivity index (χ1n) is 11.2. The second-order valence-electron chi connectivity index (χ2n) is 9.70. The van der Waals surface area contributed by atoms with Gasteiger partial charge in [-0.05, 0) is 42.9 Å². The SMILES string of the molecule is CC(OC(=O)C(C(C)C)N1C(=O)C2C3C=CC(C4CC34)C2C1=O)C(=O)c1ccccc1. The zero-order chi connectivity index (χ0) is 22.0. The third-order valence-electron chi connectivity index (χ3n) is 7.57. The number of hydrogen-bond acceptors (Lipinski definition) is 5. The maximum absolute atomic E-state index is 13.4. The number of rotatable bonds is 6. The molecule has 1 saturated heterocycles. The molecule has 2 amide bonds. The van der Waals surface area contributed by atoms with Crippen LogP contribution in [0.3, 0.4) is 0 Å². The number of carbonyl (C=O) groups is 4. The first kappa shape index (κ1) is 20.2. The fourth-order valence-corrected chi connectivity index (χ4v) is 6.06. The van der Waals surface area contributed by atoms with Gasteiger partial charge in [0.25, 0.3) is 0 Å². The van der Waals surface area contributed by atoms with Gasteiger partial charge in [0.15, 0.2) is 6.10 Å². The van der Waals surface area contributed by atoms with Crippen molar-refractivity contribution >= 4 is 23.6 Å². The summed E-state index contributed by atoms with van der Waals surface area (Å²) < 4.78 is 5.50. The maximum Gasteiger partial charge on any atom is 0.330 e. The highest BCUT2D eigenvalue weighted by Crippen LogP contribution is 2.65. The lowest BCUT2D eigenvalue weighted by atomic mass is 9.63. The molecule has 2 saturated carbocycles. The number of imide groups is 1. The number of amides is 2. The molecular formula is C25H27NO5. The molecule has 31 heavy (non-hydrogen) atoms. The molecule has 4 aliphatic carbocycles. The van der Waals surface area contributed by atoms with Crippen molar-refractivity contribution in [2.75, 3.05) is 0 Å². The lowest BCUT2D eigenvalue weighted by Crippen LogP contribution is -2.50. The van der Waals surface area contributed by atoms with E-state index in [4.69, 9.17) is 4.74 Å². The molecule has 0 aromatic heterocycles. The molecule has 6 heteroatoms. The second-order valence-corrected chi connectivity index (χ2v) is 9.70. The number of likely N-dealkylation sites (tertiary alicyclic amines) is 1. The third-order valence-corrected chi connectivity index (χ3v) is 7.57. The van der Waals surface area contributed by atoms with E-state index in [9.17, 15) is 19.2 Å². The Bertz CT molecular complexity index is 947. The van der Waals surface area contributed by atoms with Gasteiger partial charge < -0.3 is 4.74 Å². The van der Waals surface area contributed by atoms with Gasteiger partial charge in [-0.1, -0.05) is 56.3 Å². The molecule has 2 bridgehead atoms. The second kappa shape index (κ2) is 7.14. The summed E-state index contributed by atoms with van der Waals surface area (Å²) in [5, 5.41) is 0. The average molecular weight is 421 g/mol. The first-order chi connectivity index (χ1) is 14.8. The largest absolute Gasteiger partial charge is 0.453 e. The van der Waals surface area contributed by atoms with Gasteiger partial charge in [-0.3, -0.25) is 19.3 Å².